The van der Waals surface area contributed by atoms with Crippen LogP contribution in [-0.2, 0) is 16.1 Å². The van der Waals surface area contributed by atoms with Crippen LogP contribution >= 0.6 is 0 Å². The van der Waals surface area contributed by atoms with Crippen LogP contribution in [0.25, 0.3) is 0 Å². The van der Waals surface area contributed by atoms with Gasteiger partial charge >= 0.3 is 0 Å². The van der Waals surface area contributed by atoms with Gasteiger partial charge in [0.1, 0.15) is 0 Å². The number of para-hydroxylation sites is 1. The largest absolute Gasteiger partial charge is 0.398 e. The number of nitrogen functional groups attached to an aromatic ring is 1. The number of hydrogen-bond donors (Lipinski definition) is 1. The minimum absolute atomic E-state index is 0.0167. The van der Waals surface area contributed by atoms with Gasteiger partial charge in [-0.3, -0.25) is 14.5 Å². The molecule has 2 unspecified atom stereocenters. The highest BCUT2D eigenvalue weighted by atomic mass is 16.2. The van der Waals surface area contributed by atoms with Crippen molar-refractivity contribution in [2.24, 2.45) is 11.8 Å². The first-order chi connectivity index (χ1) is 8.66. The first-order valence-corrected chi connectivity index (χ1v) is 6.35. The molecule has 3 rings (SSSR count). The SMILES string of the molecule is Nc1ccccc1CN1C(=O)C2CCC(C2)C1=O. The summed E-state index contributed by atoms with van der Waals surface area (Å²) in [4.78, 5) is 25.7. The highest BCUT2D eigenvalue weighted by molar-refractivity contribution is 6.00. The van der Waals surface area contributed by atoms with E-state index >= 15 is 0 Å². The van der Waals surface area contributed by atoms with E-state index in [0.29, 0.717) is 12.2 Å². The lowest BCUT2D eigenvalue weighted by Crippen LogP contribution is -2.45. The number of rotatable bonds is 2. The van der Waals surface area contributed by atoms with Gasteiger partial charge in [-0.1, -0.05) is 18.2 Å². The number of likely N-dealkylation sites (tertiary alicyclic amines) is 1. The van der Waals surface area contributed by atoms with Crippen molar-refractivity contribution in [2.75, 3.05) is 5.73 Å². The number of hydrogen-bond acceptors (Lipinski definition) is 3. The Morgan fingerprint density at radius 3 is 2.33 bits per heavy atom. The Morgan fingerprint density at radius 1 is 1.11 bits per heavy atom. The molecule has 2 aliphatic rings. The predicted molar refractivity (Wildman–Crippen MR) is 67.2 cm³/mol. The first-order valence-electron chi connectivity index (χ1n) is 6.35. The van der Waals surface area contributed by atoms with Gasteiger partial charge in [0.2, 0.25) is 11.8 Å². The van der Waals surface area contributed by atoms with Crippen molar-refractivity contribution < 1.29 is 9.59 Å². The summed E-state index contributed by atoms with van der Waals surface area (Å²) in [5, 5.41) is 0. The second kappa shape index (κ2) is 4.12. The second-order valence-electron chi connectivity index (χ2n) is 5.17. The smallest absolute Gasteiger partial charge is 0.232 e. The zero-order valence-corrected chi connectivity index (χ0v) is 10.1. The van der Waals surface area contributed by atoms with Gasteiger partial charge in [-0.25, -0.2) is 0 Å². The summed E-state index contributed by atoms with van der Waals surface area (Å²) in [7, 11) is 0. The van der Waals surface area contributed by atoms with E-state index in [2.05, 4.69) is 0 Å². The lowest BCUT2D eigenvalue weighted by Gasteiger charge is -2.30. The molecule has 2 atom stereocenters. The summed E-state index contributed by atoms with van der Waals surface area (Å²) in [6, 6.07) is 7.39. The van der Waals surface area contributed by atoms with Gasteiger partial charge in [-0.15, -0.1) is 0 Å². The highest BCUT2D eigenvalue weighted by Crippen LogP contribution is 2.38. The van der Waals surface area contributed by atoms with Crippen molar-refractivity contribution in [1.29, 1.82) is 0 Å². The van der Waals surface area contributed by atoms with Crippen LogP contribution in [0.5, 0.6) is 0 Å². The summed E-state index contributed by atoms with van der Waals surface area (Å²) in [6.07, 6.45) is 2.46. The van der Waals surface area contributed by atoms with E-state index in [1.165, 1.54) is 4.90 Å². The zero-order valence-electron chi connectivity index (χ0n) is 10.1. The fraction of sp³-hybridized carbons (Fsp3) is 0.429. The number of amides is 2. The molecule has 2 amide bonds. The molecule has 18 heavy (non-hydrogen) atoms. The molecule has 2 fully saturated rings. The molecule has 0 aromatic heterocycles. The number of nitrogens with zero attached hydrogens (tertiary/aromatic N) is 1. The number of carbonyl (C=O) groups excluding carboxylic acids is 2. The second-order valence-corrected chi connectivity index (χ2v) is 5.17. The van der Waals surface area contributed by atoms with Crippen LogP contribution in [0.1, 0.15) is 24.8 Å². The Balaban J connectivity index is 1.86. The zero-order chi connectivity index (χ0) is 12.7. The molecule has 1 aliphatic heterocycles. The standard InChI is InChI=1S/C14H16N2O2/c15-12-4-2-1-3-11(12)8-16-13(17)9-5-6-10(7-9)14(16)18/h1-4,9-10H,5-8,15H2. The third-order valence-corrected chi connectivity index (χ3v) is 4.05. The van der Waals surface area contributed by atoms with Crippen LogP contribution in [0.2, 0.25) is 0 Å². The highest BCUT2D eigenvalue weighted by Gasteiger charge is 2.45. The number of carbonyl (C=O) groups is 2. The Kier molecular flexibility index (Phi) is 2.58. The monoisotopic (exact) mass is 244 g/mol. The van der Waals surface area contributed by atoms with Crippen LogP contribution < -0.4 is 5.73 Å². The molecule has 4 heteroatoms. The van der Waals surface area contributed by atoms with Crippen LogP contribution in [0.3, 0.4) is 0 Å². The molecule has 2 N–H and O–H groups in total. The van der Waals surface area contributed by atoms with E-state index in [4.69, 9.17) is 5.73 Å². The fourth-order valence-corrected chi connectivity index (χ4v) is 2.98. The number of imide groups is 1. The van der Waals surface area contributed by atoms with Gasteiger partial charge in [0, 0.05) is 17.5 Å². The molecule has 1 aromatic carbocycles. The lowest BCUT2D eigenvalue weighted by molar-refractivity contribution is -0.153. The van der Waals surface area contributed by atoms with Crippen molar-refractivity contribution in [3.05, 3.63) is 29.8 Å². The molecule has 2 bridgehead atoms. The molecule has 0 radical (unpaired) electrons. The van der Waals surface area contributed by atoms with E-state index in [-0.39, 0.29) is 23.7 Å². The van der Waals surface area contributed by atoms with Crippen LogP contribution in [0.4, 0.5) is 5.69 Å². The van der Waals surface area contributed by atoms with Gasteiger partial charge in [0.05, 0.1) is 6.54 Å². The molecule has 94 valence electrons. The number of fused-ring (bicyclic) bond motifs is 2. The molecule has 1 heterocycles. The third kappa shape index (κ3) is 1.68. The van der Waals surface area contributed by atoms with Crippen molar-refractivity contribution in [1.82, 2.24) is 4.90 Å². The molecule has 1 aromatic rings. The van der Waals surface area contributed by atoms with Gasteiger partial charge in [-0.2, -0.15) is 0 Å². The third-order valence-electron chi connectivity index (χ3n) is 4.05. The minimum atomic E-state index is -0.0167. The quantitative estimate of drug-likeness (QED) is 0.634. The fourth-order valence-electron chi connectivity index (χ4n) is 2.98. The topological polar surface area (TPSA) is 63.4 Å². The van der Waals surface area contributed by atoms with Gasteiger partial charge < -0.3 is 5.73 Å². The van der Waals surface area contributed by atoms with Crippen molar-refractivity contribution in [3.63, 3.8) is 0 Å². The van der Waals surface area contributed by atoms with Crippen LogP contribution in [-0.4, -0.2) is 16.7 Å². The van der Waals surface area contributed by atoms with E-state index < -0.39 is 0 Å². The maximum Gasteiger partial charge on any atom is 0.232 e. The molecule has 1 aliphatic carbocycles. The van der Waals surface area contributed by atoms with Crippen LogP contribution in [0.15, 0.2) is 24.3 Å². The Morgan fingerprint density at radius 2 is 1.72 bits per heavy atom. The average molecular weight is 244 g/mol. The Labute approximate surface area is 106 Å². The number of anilines is 1. The molecular formula is C14H16N2O2. The summed E-state index contributed by atoms with van der Waals surface area (Å²) < 4.78 is 0. The maximum atomic E-state index is 12.2. The van der Waals surface area contributed by atoms with E-state index in [1.807, 2.05) is 18.2 Å². The van der Waals surface area contributed by atoms with E-state index in [9.17, 15) is 9.59 Å². The van der Waals surface area contributed by atoms with E-state index in [0.717, 1.165) is 24.8 Å². The van der Waals surface area contributed by atoms with Gasteiger partial charge in [0.15, 0.2) is 0 Å². The predicted octanol–water partition coefficient (Wildman–Crippen LogP) is 1.55. The molecule has 1 saturated heterocycles. The summed E-state index contributed by atoms with van der Waals surface area (Å²) >= 11 is 0. The van der Waals surface area contributed by atoms with Gasteiger partial charge in [-0.05, 0) is 30.9 Å². The number of nitrogens with two attached hydrogens (primary N) is 1. The summed E-state index contributed by atoms with van der Waals surface area (Å²) in [5.41, 5.74) is 7.35. The lowest BCUT2D eigenvalue weighted by atomic mass is 9.96. The van der Waals surface area contributed by atoms with Crippen molar-refractivity contribution in [3.8, 4) is 0 Å². The summed E-state index contributed by atoms with van der Waals surface area (Å²) in [6.45, 7) is 0.317. The van der Waals surface area contributed by atoms with Crippen molar-refractivity contribution in [2.45, 2.75) is 25.8 Å². The first kappa shape index (κ1) is 11.3. The minimum Gasteiger partial charge on any atom is -0.398 e. The number of piperidine rings is 1. The van der Waals surface area contributed by atoms with Gasteiger partial charge in [0.25, 0.3) is 0 Å². The number of benzene rings is 1. The molecule has 4 nitrogen and oxygen atoms in total. The maximum absolute atomic E-state index is 12.2. The average Bonchev–Trinajstić information content (AvgIpc) is 2.81. The van der Waals surface area contributed by atoms with E-state index in [1.54, 1.807) is 6.07 Å². The summed E-state index contributed by atoms with van der Waals surface area (Å²) in [5.74, 6) is 0.0734. The molecule has 0 spiro atoms. The Bertz CT molecular complexity index is 490. The Hall–Kier alpha value is -1.84. The van der Waals surface area contributed by atoms with Crippen molar-refractivity contribution >= 4 is 17.5 Å². The normalized spacial score (nSPS) is 26.8. The molecule has 1 saturated carbocycles. The van der Waals surface area contributed by atoms with Crippen LogP contribution in [0, 0.1) is 11.8 Å². The molecular weight excluding hydrogens is 228 g/mol.